The van der Waals surface area contributed by atoms with E-state index in [4.69, 9.17) is 14.2 Å². The summed E-state index contributed by atoms with van der Waals surface area (Å²) in [6, 6.07) is 13.0. The molecule has 1 fully saturated rings. The third-order valence-corrected chi connectivity index (χ3v) is 4.92. The molecule has 0 unspecified atom stereocenters. The summed E-state index contributed by atoms with van der Waals surface area (Å²) in [5.74, 6) is 1.53. The SMILES string of the molecule is COc1cc(C[NH+]2CCN(C(=O)COc3ccccc3)CC2)cc(OC)c1O. The summed E-state index contributed by atoms with van der Waals surface area (Å²) in [6.07, 6.45) is 0. The van der Waals surface area contributed by atoms with Gasteiger partial charge in [0.15, 0.2) is 18.1 Å². The average Bonchev–Trinajstić information content (AvgIpc) is 2.74. The largest absolute Gasteiger partial charge is 0.502 e. The molecule has 0 aromatic heterocycles. The molecule has 1 saturated heterocycles. The van der Waals surface area contributed by atoms with Gasteiger partial charge in [-0.3, -0.25) is 4.79 Å². The lowest BCUT2D eigenvalue weighted by Crippen LogP contribution is -3.13. The number of nitrogens with zero attached hydrogens (tertiary/aromatic N) is 1. The number of phenolic OH excluding ortho intramolecular Hbond substituents is 1. The normalized spacial score (nSPS) is 14.6. The molecule has 2 aromatic carbocycles. The molecule has 3 rings (SSSR count). The monoisotopic (exact) mass is 387 g/mol. The van der Waals surface area contributed by atoms with E-state index < -0.39 is 0 Å². The van der Waals surface area contributed by atoms with E-state index in [1.807, 2.05) is 47.4 Å². The first kappa shape index (κ1) is 19.8. The van der Waals surface area contributed by atoms with E-state index in [9.17, 15) is 9.90 Å². The van der Waals surface area contributed by atoms with Crippen molar-refractivity contribution >= 4 is 5.91 Å². The van der Waals surface area contributed by atoms with Crippen molar-refractivity contribution in [3.05, 3.63) is 48.0 Å². The number of benzene rings is 2. The van der Waals surface area contributed by atoms with E-state index in [-0.39, 0.29) is 18.3 Å². The average molecular weight is 387 g/mol. The third-order valence-electron chi connectivity index (χ3n) is 4.92. The van der Waals surface area contributed by atoms with Crippen LogP contribution in [0.5, 0.6) is 23.0 Å². The highest BCUT2D eigenvalue weighted by Gasteiger charge is 2.24. The van der Waals surface area contributed by atoms with Crippen molar-refractivity contribution in [3.63, 3.8) is 0 Å². The van der Waals surface area contributed by atoms with Crippen LogP contribution in [0.1, 0.15) is 5.56 Å². The molecule has 0 saturated carbocycles. The lowest BCUT2D eigenvalue weighted by atomic mass is 10.1. The Labute approximate surface area is 165 Å². The summed E-state index contributed by atoms with van der Waals surface area (Å²) in [6.45, 7) is 3.92. The number of methoxy groups -OCH3 is 2. The molecular formula is C21H27N2O5+. The van der Waals surface area contributed by atoms with Gasteiger partial charge in [0.05, 0.1) is 40.4 Å². The fourth-order valence-electron chi connectivity index (χ4n) is 3.34. The van der Waals surface area contributed by atoms with Gasteiger partial charge in [0, 0.05) is 5.56 Å². The Hall–Kier alpha value is -2.93. The standard InChI is InChI=1S/C21H26N2O5/c1-26-18-12-16(13-19(27-2)21(18)25)14-22-8-10-23(11-9-22)20(24)15-28-17-6-4-3-5-7-17/h3-7,12-13,25H,8-11,14-15H2,1-2H3/p+1. The second-order valence-corrected chi connectivity index (χ2v) is 6.76. The van der Waals surface area contributed by atoms with Crippen molar-refractivity contribution in [2.45, 2.75) is 6.54 Å². The number of rotatable bonds is 7. The van der Waals surface area contributed by atoms with Crippen LogP contribution in [-0.2, 0) is 11.3 Å². The van der Waals surface area contributed by atoms with Gasteiger partial charge in [-0.05, 0) is 24.3 Å². The van der Waals surface area contributed by atoms with Gasteiger partial charge in [-0.2, -0.15) is 0 Å². The number of hydrogen-bond donors (Lipinski definition) is 2. The first-order valence-corrected chi connectivity index (χ1v) is 9.33. The van der Waals surface area contributed by atoms with Gasteiger partial charge in [-0.1, -0.05) is 18.2 Å². The summed E-state index contributed by atoms with van der Waals surface area (Å²) in [5.41, 5.74) is 1.02. The number of carbonyl (C=O) groups excluding carboxylic acids is 1. The van der Waals surface area contributed by atoms with Crippen LogP contribution in [-0.4, -0.2) is 62.9 Å². The molecule has 7 heteroatoms. The number of aromatic hydroxyl groups is 1. The Morgan fingerprint density at radius 2 is 1.68 bits per heavy atom. The Bertz CT molecular complexity index is 764. The number of nitrogens with one attached hydrogen (secondary N) is 1. The van der Waals surface area contributed by atoms with Crippen LogP contribution < -0.4 is 19.1 Å². The van der Waals surface area contributed by atoms with Gasteiger partial charge in [-0.25, -0.2) is 0 Å². The molecule has 7 nitrogen and oxygen atoms in total. The van der Waals surface area contributed by atoms with Gasteiger partial charge < -0.3 is 29.1 Å². The molecule has 0 bridgehead atoms. The number of phenols is 1. The zero-order valence-corrected chi connectivity index (χ0v) is 16.3. The molecule has 1 heterocycles. The Kier molecular flexibility index (Phi) is 6.60. The summed E-state index contributed by atoms with van der Waals surface area (Å²) in [4.78, 5) is 15.6. The van der Waals surface area contributed by atoms with Crippen LogP contribution in [0.25, 0.3) is 0 Å². The number of ether oxygens (including phenoxy) is 3. The van der Waals surface area contributed by atoms with Crippen LogP contribution in [0, 0.1) is 0 Å². The zero-order valence-electron chi connectivity index (χ0n) is 16.3. The fourth-order valence-corrected chi connectivity index (χ4v) is 3.34. The molecule has 150 valence electrons. The number of carbonyl (C=O) groups is 1. The number of quaternary nitrogens is 1. The van der Waals surface area contributed by atoms with E-state index >= 15 is 0 Å². The van der Waals surface area contributed by atoms with Crippen LogP contribution in [0.4, 0.5) is 0 Å². The van der Waals surface area contributed by atoms with Crippen molar-refractivity contribution < 1.29 is 29.0 Å². The van der Waals surface area contributed by atoms with Crippen molar-refractivity contribution in [1.82, 2.24) is 4.90 Å². The first-order valence-electron chi connectivity index (χ1n) is 9.33. The van der Waals surface area contributed by atoms with Crippen LogP contribution in [0.2, 0.25) is 0 Å². The third kappa shape index (κ3) is 4.86. The van der Waals surface area contributed by atoms with Crippen molar-refractivity contribution in [3.8, 4) is 23.0 Å². The summed E-state index contributed by atoms with van der Waals surface area (Å²) in [7, 11) is 3.04. The molecule has 1 amide bonds. The first-order chi connectivity index (χ1) is 13.6. The lowest BCUT2D eigenvalue weighted by Gasteiger charge is -2.32. The maximum absolute atomic E-state index is 12.4. The minimum atomic E-state index is 0.0101. The summed E-state index contributed by atoms with van der Waals surface area (Å²) < 4.78 is 16.0. The van der Waals surface area contributed by atoms with E-state index in [0.29, 0.717) is 30.3 Å². The van der Waals surface area contributed by atoms with Gasteiger partial charge in [0.1, 0.15) is 12.3 Å². The highest BCUT2D eigenvalue weighted by atomic mass is 16.5. The lowest BCUT2D eigenvalue weighted by molar-refractivity contribution is -0.917. The van der Waals surface area contributed by atoms with Crippen LogP contribution >= 0.6 is 0 Å². The second-order valence-electron chi connectivity index (χ2n) is 6.76. The van der Waals surface area contributed by atoms with Gasteiger partial charge in [0.2, 0.25) is 5.75 Å². The van der Waals surface area contributed by atoms with Gasteiger partial charge in [-0.15, -0.1) is 0 Å². The highest BCUT2D eigenvalue weighted by molar-refractivity contribution is 5.77. The molecule has 1 aliphatic heterocycles. The van der Waals surface area contributed by atoms with Gasteiger partial charge >= 0.3 is 0 Å². The van der Waals surface area contributed by atoms with Crippen molar-refractivity contribution in [2.24, 2.45) is 0 Å². The van der Waals surface area contributed by atoms with E-state index in [2.05, 4.69) is 0 Å². The maximum Gasteiger partial charge on any atom is 0.260 e. The molecule has 0 aliphatic carbocycles. The second kappa shape index (κ2) is 9.32. The quantitative estimate of drug-likeness (QED) is 0.732. The molecule has 0 radical (unpaired) electrons. The molecule has 0 spiro atoms. The van der Waals surface area contributed by atoms with E-state index in [0.717, 1.165) is 25.2 Å². The Morgan fingerprint density at radius 1 is 1.07 bits per heavy atom. The Balaban J connectivity index is 1.51. The molecule has 2 N–H and O–H groups in total. The maximum atomic E-state index is 12.4. The number of piperazine rings is 1. The van der Waals surface area contributed by atoms with E-state index in [1.54, 1.807) is 0 Å². The van der Waals surface area contributed by atoms with Gasteiger partial charge in [0.25, 0.3) is 5.91 Å². The van der Waals surface area contributed by atoms with Crippen LogP contribution in [0.15, 0.2) is 42.5 Å². The summed E-state index contributed by atoms with van der Waals surface area (Å²) in [5, 5.41) is 10.0. The van der Waals surface area contributed by atoms with E-state index in [1.165, 1.54) is 19.1 Å². The molecule has 1 aliphatic rings. The van der Waals surface area contributed by atoms with Crippen molar-refractivity contribution in [1.29, 1.82) is 0 Å². The highest BCUT2D eigenvalue weighted by Crippen LogP contribution is 2.36. The molecular weight excluding hydrogens is 360 g/mol. The Morgan fingerprint density at radius 3 is 2.25 bits per heavy atom. The molecule has 2 aromatic rings. The topological polar surface area (TPSA) is 72.7 Å². The predicted octanol–water partition coefficient (Wildman–Crippen LogP) is 0.716. The molecule has 0 atom stereocenters. The minimum absolute atomic E-state index is 0.0101. The smallest absolute Gasteiger partial charge is 0.260 e. The fraction of sp³-hybridized carbons (Fsp3) is 0.381. The summed E-state index contributed by atoms with van der Waals surface area (Å²) >= 11 is 0. The van der Waals surface area contributed by atoms with Crippen LogP contribution in [0.3, 0.4) is 0 Å². The number of hydrogen-bond acceptors (Lipinski definition) is 5. The predicted molar refractivity (Wildman–Crippen MR) is 104 cm³/mol. The zero-order chi connectivity index (χ0) is 19.9. The number of amides is 1. The number of para-hydroxylation sites is 1. The minimum Gasteiger partial charge on any atom is -0.502 e. The molecule has 28 heavy (non-hydrogen) atoms. The van der Waals surface area contributed by atoms with Crippen molar-refractivity contribution in [2.75, 3.05) is 47.0 Å².